The Morgan fingerprint density at radius 1 is 1.17 bits per heavy atom. The molecular formula is C19H15ClN6O4. The van der Waals surface area contributed by atoms with E-state index in [0.717, 1.165) is 5.56 Å². The second-order valence-electron chi connectivity index (χ2n) is 6.07. The van der Waals surface area contributed by atoms with Crippen molar-refractivity contribution < 1.29 is 18.9 Å². The maximum atomic E-state index is 12.2. The maximum Gasteiger partial charge on any atom is 0.360 e. The summed E-state index contributed by atoms with van der Waals surface area (Å²) in [5.41, 5.74) is 7.55. The molecular weight excluding hydrogens is 412 g/mol. The number of esters is 1. The summed E-state index contributed by atoms with van der Waals surface area (Å²) < 4.78 is 16.5. The molecule has 2 aromatic heterocycles. The van der Waals surface area contributed by atoms with Gasteiger partial charge in [-0.1, -0.05) is 35.0 Å². The average Bonchev–Trinajstić information content (AvgIpc) is 3.39. The Morgan fingerprint density at radius 3 is 2.60 bits per heavy atom. The minimum Gasteiger partial charge on any atom is -0.489 e. The van der Waals surface area contributed by atoms with E-state index in [1.54, 1.807) is 30.3 Å². The number of hydrogen-bond acceptors (Lipinski definition) is 9. The van der Waals surface area contributed by atoms with Crippen molar-refractivity contribution in [3.05, 3.63) is 64.8 Å². The summed E-state index contributed by atoms with van der Waals surface area (Å²) in [7, 11) is 1.25. The topological polar surface area (TPSA) is 131 Å². The number of nitrogens with zero attached hydrogens (tertiary/aromatic N) is 5. The van der Waals surface area contributed by atoms with Crippen LogP contribution in [0.4, 0.5) is 5.82 Å². The number of halogens is 1. The smallest absolute Gasteiger partial charge is 0.360 e. The normalized spacial score (nSPS) is 10.7. The van der Waals surface area contributed by atoms with Gasteiger partial charge in [0.1, 0.15) is 18.1 Å². The quantitative estimate of drug-likeness (QED) is 0.462. The highest BCUT2D eigenvalue weighted by atomic mass is 35.5. The SMILES string of the molecule is COC(=O)c1nnn(-c2nonc2N)c1-c1ccc(OCc2ccccc2Cl)cc1. The lowest BCUT2D eigenvalue weighted by Gasteiger charge is -2.09. The summed E-state index contributed by atoms with van der Waals surface area (Å²) in [6.07, 6.45) is 0. The van der Waals surface area contributed by atoms with Crippen molar-refractivity contribution in [1.29, 1.82) is 0 Å². The van der Waals surface area contributed by atoms with Gasteiger partial charge in [0.05, 0.1) is 7.11 Å². The molecule has 2 aromatic carbocycles. The molecule has 0 fully saturated rings. The summed E-state index contributed by atoms with van der Waals surface area (Å²) in [5.74, 6) is 0.0502. The Labute approximate surface area is 175 Å². The molecule has 0 amide bonds. The number of carbonyl (C=O) groups is 1. The zero-order valence-electron chi connectivity index (χ0n) is 15.7. The van der Waals surface area contributed by atoms with Crippen LogP contribution in [0.15, 0.2) is 53.2 Å². The van der Waals surface area contributed by atoms with Crippen LogP contribution in [-0.4, -0.2) is 38.4 Å². The fourth-order valence-corrected chi connectivity index (χ4v) is 2.94. The van der Waals surface area contributed by atoms with E-state index >= 15 is 0 Å². The molecule has 0 bridgehead atoms. The number of rotatable bonds is 6. The van der Waals surface area contributed by atoms with Crippen molar-refractivity contribution in [2.45, 2.75) is 6.61 Å². The van der Waals surface area contributed by atoms with Crippen LogP contribution < -0.4 is 10.5 Å². The van der Waals surface area contributed by atoms with Crippen LogP contribution in [0.5, 0.6) is 5.75 Å². The van der Waals surface area contributed by atoms with E-state index in [0.29, 0.717) is 28.6 Å². The van der Waals surface area contributed by atoms with Crippen molar-refractivity contribution in [1.82, 2.24) is 25.3 Å². The molecule has 11 heteroatoms. The third kappa shape index (κ3) is 3.67. The minimum absolute atomic E-state index is 0.00254. The third-order valence-electron chi connectivity index (χ3n) is 4.23. The van der Waals surface area contributed by atoms with Gasteiger partial charge in [-0.2, -0.15) is 4.68 Å². The molecule has 0 saturated heterocycles. The molecule has 10 nitrogen and oxygen atoms in total. The van der Waals surface area contributed by atoms with Crippen LogP contribution in [0.2, 0.25) is 5.02 Å². The van der Waals surface area contributed by atoms with Gasteiger partial charge in [0, 0.05) is 16.1 Å². The fraction of sp³-hybridized carbons (Fsp3) is 0.105. The molecule has 0 unspecified atom stereocenters. The van der Waals surface area contributed by atoms with Gasteiger partial charge in [-0.15, -0.1) is 5.10 Å². The van der Waals surface area contributed by atoms with Crippen LogP contribution in [0.25, 0.3) is 17.1 Å². The van der Waals surface area contributed by atoms with E-state index in [1.807, 2.05) is 18.2 Å². The Kier molecular flexibility index (Phi) is 5.31. The van der Waals surface area contributed by atoms with Gasteiger partial charge < -0.3 is 15.2 Å². The number of benzene rings is 2. The molecule has 2 heterocycles. The van der Waals surface area contributed by atoms with Crippen LogP contribution in [-0.2, 0) is 11.3 Å². The van der Waals surface area contributed by atoms with Crippen LogP contribution >= 0.6 is 11.6 Å². The van der Waals surface area contributed by atoms with Crippen LogP contribution in [0, 0.1) is 0 Å². The minimum atomic E-state index is -0.662. The van der Waals surface area contributed by atoms with Gasteiger partial charge in [0.15, 0.2) is 5.69 Å². The number of carbonyl (C=O) groups excluding carboxylic acids is 1. The molecule has 0 aliphatic heterocycles. The number of nitrogens with two attached hydrogens (primary N) is 1. The van der Waals surface area contributed by atoms with Gasteiger partial charge in [0.2, 0.25) is 11.6 Å². The molecule has 0 aliphatic rings. The highest BCUT2D eigenvalue weighted by Gasteiger charge is 2.25. The van der Waals surface area contributed by atoms with Crippen LogP contribution in [0.1, 0.15) is 16.1 Å². The van der Waals surface area contributed by atoms with Crippen molar-refractivity contribution in [2.24, 2.45) is 0 Å². The van der Waals surface area contributed by atoms with E-state index in [9.17, 15) is 4.79 Å². The molecule has 2 N–H and O–H groups in total. The molecule has 0 spiro atoms. The number of ether oxygens (including phenoxy) is 2. The fourth-order valence-electron chi connectivity index (χ4n) is 2.75. The number of methoxy groups -OCH3 is 1. The van der Waals surface area contributed by atoms with E-state index in [4.69, 9.17) is 26.8 Å². The number of aromatic nitrogens is 5. The molecule has 0 atom stereocenters. The molecule has 0 saturated carbocycles. The van der Waals surface area contributed by atoms with Crippen molar-refractivity contribution >= 4 is 23.4 Å². The summed E-state index contributed by atoms with van der Waals surface area (Å²) in [6.45, 7) is 0.313. The Bertz CT molecular complexity index is 1190. The zero-order chi connectivity index (χ0) is 21.1. The lowest BCUT2D eigenvalue weighted by molar-refractivity contribution is 0.0595. The lowest BCUT2D eigenvalue weighted by Crippen LogP contribution is -2.07. The maximum absolute atomic E-state index is 12.2. The van der Waals surface area contributed by atoms with E-state index < -0.39 is 5.97 Å². The number of anilines is 1. The highest BCUT2D eigenvalue weighted by molar-refractivity contribution is 6.31. The van der Waals surface area contributed by atoms with Gasteiger partial charge in [-0.25, -0.2) is 9.42 Å². The second kappa shape index (κ2) is 8.21. The Balaban J connectivity index is 1.65. The Hall–Kier alpha value is -3.92. The monoisotopic (exact) mass is 426 g/mol. The summed E-state index contributed by atoms with van der Waals surface area (Å²) in [5, 5.41) is 15.7. The van der Waals surface area contributed by atoms with Gasteiger partial charge in [0.25, 0.3) is 0 Å². The second-order valence-corrected chi connectivity index (χ2v) is 6.47. The first kappa shape index (κ1) is 19.4. The van der Waals surface area contributed by atoms with Crippen molar-refractivity contribution in [3.8, 4) is 22.8 Å². The third-order valence-corrected chi connectivity index (χ3v) is 4.59. The zero-order valence-corrected chi connectivity index (χ0v) is 16.4. The summed E-state index contributed by atoms with van der Waals surface area (Å²) in [4.78, 5) is 12.2. The average molecular weight is 427 g/mol. The predicted molar refractivity (Wildman–Crippen MR) is 106 cm³/mol. The van der Waals surface area contributed by atoms with Crippen molar-refractivity contribution in [3.63, 3.8) is 0 Å². The molecule has 152 valence electrons. The first-order chi connectivity index (χ1) is 14.6. The van der Waals surface area contributed by atoms with E-state index in [2.05, 4.69) is 25.3 Å². The van der Waals surface area contributed by atoms with Gasteiger partial charge in [-0.05, 0) is 40.6 Å². The molecule has 4 aromatic rings. The van der Waals surface area contributed by atoms with Crippen LogP contribution in [0.3, 0.4) is 0 Å². The summed E-state index contributed by atoms with van der Waals surface area (Å²) >= 11 is 6.15. The molecule has 0 aliphatic carbocycles. The molecule has 30 heavy (non-hydrogen) atoms. The standard InChI is InChI=1S/C19H15ClN6O4/c1-28-19(27)15-16(26(25-22-15)18-17(21)23-30-24-18)11-6-8-13(9-7-11)29-10-12-4-2-3-5-14(12)20/h2-9H,10H2,1H3,(H2,21,23). The summed E-state index contributed by atoms with van der Waals surface area (Å²) in [6, 6.07) is 14.4. The van der Waals surface area contributed by atoms with E-state index in [1.165, 1.54) is 11.8 Å². The predicted octanol–water partition coefficient (Wildman–Crippen LogP) is 2.92. The molecule has 4 rings (SSSR count). The Morgan fingerprint density at radius 2 is 1.93 bits per heavy atom. The van der Waals surface area contributed by atoms with Gasteiger partial charge in [-0.3, -0.25) is 0 Å². The lowest BCUT2D eigenvalue weighted by atomic mass is 10.1. The first-order valence-electron chi connectivity index (χ1n) is 8.67. The van der Waals surface area contributed by atoms with Gasteiger partial charge >= 0.3 is 5.97 Å². The molecule has 0 radical (unpaired) electrons. The highest BCUT2D eigenvalue weighted by Crippen LogP contribution is 2.29. The largest absolute Gasteiger partial charge is 0.489 e. The first-order valence-corrected chi connectivity index (χ1v) is 9.05. The van der Waals surface area contributed by atoms with Crippen molar-refractivity contribution in [2.75, 3.05) is 12.8 Å². The number of nitrogen functional groups attached to an aromatic ring is 1. The number of hydrogen-bond donors (Lipinski definition) is 1. The van der Waals surface area contributed by atoms with E-state index in [-0.39, 0.29) is 17.3 Å².